The van der Waals surface area contributed by atoms with Gasteiger partial charge < -0.3 is 14.4 Å². The molecule has 0 unspecified atom stereocenters. The fourth-order valence-corrected chi connectivity index (χ4v) is 2.18. The number of para-hydroxylation sites is 2. The van der Waals surface area contributed by atoms with Crippen LogP contribution in [0.15, 0.2) is 51.7 Å². The van der Waals surface area contributed by atoms with Crippen LogP contribution in [0, 0.1) is 0 Å². The predicted molar refractivity (Wildman–Crippen MR) is 90.9 cm³/mol. The minimum atomic E-state index is -0.955. The van der Waals surface area contributed by atoms with E-state index in [4.69, 9.17) is 9.52 Å². The first-order valence-electron chi connectivity index (χ1n) is 7.16. The van der Waals surface area contributed by atoms with E-state index in [-0.39, 0.29) is 11.8 Å². The summed E-state index contributed by atoms with van der Waals surface area (Å²) in [6.45, 7) is 0. The highest BCUT2D eigenvalue weighted by Gasteiger charge is 2.12. The van der Waals surface area contributed by atoms with Crippen molar-refractivity contribution in [1.29, 1.82) is 0 Å². The molecule has 1 heterocycles. The normalized spacial score (nSPS) is 10.6. The molecule has 0 saturated heterocycles. The third-order valence-corrected chi connectivity index (χ3v) is 3.03. The molecule has 3 aromatic rings. The van der Waals surface area contributed by atoms with E-state index in [2.05, 4.69) is 0 Å². The van der Waals surface area contributed by atoms with Gasteiger partial charge in [0, 0.05) is 5.56 Å². The minimum absolute atomic E-state index is 0.135. The molecule has 5 nitrogen and oxygen atoms in total. The van der Waals surface area contributed by atoms with E-state index in [1.165, 1.54) is 0 Å². The van der Waals surface area contributed by atoms with Gasteiger partial charge in [-0.15, -0.1) is 0 Å². The molecule has 120 valence electrons. The zero-order chi connectivity index (χ0) is 17.0. The topological polar surface area (TPSA) is 70.8 Å². The van der Waals surface area contributed by atoms with Crippen molar-refractivity contribution in [2.24, 2.45) is 0 Å². The van der Waals surface area contributed by atoms with Crippen LogP contribution in [0.3, 0.4) is 0 Å². The van der Waals surface area contributed by atoms with Gasteiger partial charge in [0.15, 0.2) is 0 Å². The molecular weight excluding hydrogens is 294 g/mol. The van der Waals surface area contributed by atoms with E-state index in [1.807, 2.05) is 26.0 Å². The van der Waals surface area contributed by atoms with Gasteiger partial charge in [-0.25, -0.2) is 0 Å². The van der Waals surface area contributed by atoms with Crippen LogP contribution >= 0.6 is 0 Å². The molecule has 1 N–H and O–H groups in total. The number of hydrogen-bond acceptors (Lipinski definition) is 4. The summed E-state index contributed by atoms with van der Waals surface area (Å²) in [5.41, 5.74) is 1.20. The number of aliphatic carboxylic acids is 1. The molecule has 0 aliphatic rings. The molecule has 0 aliphatic heterocycles. The highest BCUT2D eigenvalue weighted by molar-refractivity contribution is 5.92. The molecule has 0 spiro atoms. The van der Waals surface area contributed by atoms with Crippen molar-refractivity contribution in [2.75, 3.05) is 21.1 Å². The Morgan fingerprint density at radius 1 is 1.04 bits per heavy atom. The van der Waals surface area contributed by atoms with E-state index < -0.39 is 5.97 Å². The quantitative estimate of drug-likeness (QED) is 0.737. The summed E-state index contributed by atoms with van der Waals surface area (Å²) in [6, 6.07) is 11.9. The first-order chi connectivity index (χ1) is 10.9. The standard InChI is InChI=1S/C15H10O4.C3H9N/c16-13(17)8-9-4-3-6-11-14(18)10-5-1-2-7-12(10)19-15(9)11;1-4(2)3/h1-7H,8H2,(H,16,17);1-3H3. The number of carboxylic acid groups (broad SMARTS) is 1. The number of benzene rings is 2. The Hall–Kier alpha value is -2.66. The van der Waals surface area contributed by atoms with Gasteiger partial charge in [-0.1, -0.05) is 24.3 Å². The third-order valence-electron chi connectivity index (χ3n) is 3.03. The first-order valence-corrected chi connectivity index (χ1v) is 7.16. The maximum atomic E-state index is 12.3. The van der Waals surface area contributed by atoms with Gasteiger partial charge >= 0.3 is 5.97 Å². The van der Waals surface area contributed by atoms with Gasteiger partial charge in [-0.05, 0) is 39.3 Å². The molecule has 0 radical (unpaired) electrons. The van der Waals surface area contributed by atoms with Crippen LogP contribution in [0.5, 0.6) is 0 Å². The molecule has 0 fully saturated rings. The lowest BCUT2D eigenvalue weighted by molar-refractivity contribution is -0.136. The summed E-state index contributed by atoms with van der Waals surface area (Å²) in [5.74, 6) is -0.955. The van der Waals surface area contributed by atoms with Crippen molar-refractivity contribution in [2.45, 2.75) is 6.42 Å². The fraction of sp³-hybridized carbons (Fsp3) is 0.222. The van der Waals surface area contributed by atoms with Gasteiger partial charge in [0.2, 0.25) is 5.43 Å². The van der Waals surface area contributed by atoms with Crippen molar-refractivity contribution in [3.63, 3.8) is 0 Å². The van der Waals surface area contributed by atoms with E-state index >= 15 is 0 Å². The first kappa shape index (κ1) is 16.7. The van der Waals surface area contributed by atoms with Gasteiger partial charge in [-0.2, -0.15) is 0 Å². The van der Waals surface area contributed by atoms with Crippen LogP contribution < -0.4 is 5.43 Å². The summed E-state index contributed by atoms with van der Waals surface area (Å²) in [5, 5.41) is 9.81. The largest absolute Gasteiger partial charge is 0.481 e. The average molecular weight is 313 g/mol. The highest BCUT2D eigenvalue weighted by atomic mass is 16.4. The Morgan fingerprint density at radius 2 is 1.65 bits per heavy atom. The summed E-state index contributed by atoms with van der Waals surface area (Å²) in [6.07, 6.45) is -0.168. The Balaban J connectivity index is 0.000000433. The van der Waals surface area contributed by atoms with Crippen LogP contribution in [0.4, 0.5) is 0 Å². The molecule has 3 rings (SSSR count). The average Bonchev–Trinajstić information content (AvgIpc) is 2.47. The maximum absolute atomic E-state index is 12.3. The fourth-order valence-electron chi connectivity index (χ4n) is 2.18. The molecule has 0 amide bonds. The molecular formula is C18H19NO4. The monoisotopic (exact) mass is 313 g/mol. The zero-order valence-corrected chi connectivity index (χ0v) is 13.4. The van der Waals surface area contributed by atoms with Crippen molar-refractivity contribution in [1.82, 2.24) is 4.90 Å². The summed E-state index contributed by atoms with van der Waals surface area (Å²) >= 11 is 0. The molecule has 0 atom stereocenters. The Bertz CT molecular complexity index is 894. The van der Waals surface area contributed by atoms with Crippen LogP contribution in [0.1, 0.15) is 5.56 Å². The van der Waals surface area contributed by atoms with E-state index in [0.29, 0.717) is 27.5 Å². The molecule has 23 heavy (non-hydrogen) atoms. The summed E-state index contributed by atoms with van der Waals surface area (Å²) in [4.78, 5) is 25.2. The van der Waals surface area contributed by atoms with Crippen molar-refractivity contribution in [3.8, 4) is 0 Å². The SMILES string of the molecule is CN(C)C.O=C(O)Cc1cccc2c(=O)c3ccccc3oc12. The molecule has 2 aromatic carbocycles. The van der Waals surface area contributed by atoms with E-state index in [9.17, 15) is 9.59 Å². The lowest BCUT2D eigenvalue weighted by atomic mass is 10.1. The number of carboxylic acids is 1. The third kappa shape index (κ3) is 3.96. The van der Waals surface area contributed by atoms with Crippen molar-refractivity contribution >= 4 is 27.9 Å². The number of hydrogen-bond donors (Lipinski definition) is 1. The second-order valence-corrected chi connectivity index (χ2v) is 5.63. The van der Waals surface area contributed by atoms with Gasteiger partial charge in [0.05, 0.1) is 17.2 Å². The smallest absolute Gasteiger partial charge is 0.307 e. The second-order valence-electron chi connectivity index (χ2n) is 5.63. The number of nitrogens with zero attached hydrogens (tertiary/aromatic N) is 1. The highest BCUT2D eigenvalue weighted by Crippen LogP contribution is 2.21. The number of fused-ring (bicyclic) bond motifs is 2. The van der Waals surface area contributed by atoms with Crippen LogP contribution in [-0.2, 0) is 11.2 Å². The lowest BCUT2D eigenvalue weighted by Gasteiger charge is -2.05. The maximum Gasteiger partial charge on any atom is 0.307 e. The Morgan fingerprint density at radius 3 is 2.30 bits per heavy atom. The van der Waals surface area contributed by atoms with Crippen molar-refractivity contribution in [3.05, 3.63) is 58.3 Å². The number of rotatable bonds is 2. The Kier molecular flexibility index (Phi) is 5.13. The van der Waals surface area contributed by atoms with Crippen LogP contribution in [-0.4, -0.2) is 37.1 Å². The molecule has 5 heteroatoms. The van der Waals surface area contributed by atoms with E-state index in [0.717, 1.165) is 0 Å². The Labute approximate surface area is 133 Å². The molecule has 0 saturated carbocycles. The van der Waals surface area contributed by atoms with E-state index in [1.54, 1.807) is 42.5 Å². The zero-order valence-electron chi connectivity index (χ0n) is 13.4. The van der Waals surface area contributed by atoms with Crippen molar-refractivity contribution < 1.29 is 14.3 Å². The predicted octanol–water partition coefficient (Wildman–Crippen LogP) is 2.75. The van der Waals surface area contributed by atoms with Gasteiger partial charge in [0.25, 0.3) is 0 Å². The van der Waals surface area contributed by atoms with Crippen LogP contribution in [0.25, 0.3) is 21.9 Å². The molecule has 1 aromatic heterocycles. The number of carbonyl (C=O) groups is 1. The lowest BCUT2D eigenvalue weighted by Crippen LogP contribution is -2.05. The molecule has 0 bridgehead atoms. The molecule has 0 aliphatic carbocycles. The second kappa shape index (κ2) is 7.07. The van der Waals surface area contributed by atoms with Gasteiger partial charge in [-0.3, -0.25) is 9.59 Å². The minimum Gasteiger partial charge on any atom is -0.481 e. The summed E-state index contributed by atoms with van der Waals surface area (Å²) < 4.78 is 5.70. The van der Waals surface area contributed by atoms with Gasteiger partial charge in [0.1, 0.15) is 11.2 Å². The summed E-state index contributed by atoms with van der Waals surface area (Å²) in [7, 11) is 6.00. The van der Waals surface area contributed by atoms with Crippen LogP contribution in [0.2, 0.25) is 0 Å².